The molecule has 0 spiro atoms. The van der Waals surface area contributed by atoms with Gasteiger partial charge in [0.1, 0.15) is 11.5 Å². The summed E-state index contributed by atoms with van der Waals surface area (Å²) in [6, 6.07) is 5.39. The number of hydrogen-bond acceptors (Lipinski definition) is 3. The summed E-state index contributed by atoms with van der Waals surface area (Å²) in [5, 5.41) is 2.96. The summed E-state index contributed by atoms with van der Waals surface area (Å²) < 4.78 is 10.5. The van der Waals surface area contributed by atoms with Crippen molar-refractivity contribution in [3.63, 3.8) is 0 Å². The van der Waals surface area contributed by atoms with Gasteiger partial charge in [0, 0.05) is 11.1 Å². The van der Waals surface area contributed by atoms with Crippen molar-refractivity contribution in [3.05, 3.63) is 35.4 Å². The molecule has 20 heavy (non-hydrogen) atoms. The maximum Gasteiger partial charge on any atom is 0.247 e. The predicted octanol–water partition coefficient (Wildman–Crippen LogP) is 3.24. The molecular weight excluding hydrogens is 254 g/mol. The minimum absolute atomic E-state index is 0.0655. The normalized spacial score (nSPS) is 12.8. The summed E-state index contributed by atoms with van der Waals surface area (Å²) in [6.45, 7) is 5.74. The van der Waals surface area contributed by atoms with E-state index in [9.17, 15) is 4.79 Å². The van der Waals surface area contributed by atoms with Crippen LogP contribution in [0.25, 0.3) is 0 Å². The molecule has 0 radical (unpaired) electrons. The molecule has 0 aliphatic carbocycles. The topological polar surface area (TPSA) is 47.6 Å². The van der Waals surface area contributed by atoms with E-state index in [1.54, 1.807) is 14.2 Å². The van der Waals surface area contributed by atoms with Gasteiger partial charge in [0.25, 0.3) is 0 Å². The van der Waals surface area contributed by atoms with Crippen LogP contribution < -0.4 is 14.8 Å². The van der Waals surface area contributed by atoms with E-state index in [0.717, 1.165) is 29.1 Å². The molecule has 0 aliphatic rings. The van der Waals surface area contributed by atoms with Gasteiger partial charge in [-0.15, -0.1) is 0 Å². The molecule has 0 heterocycles. The van der Waals surface area contributed by atoms with E-state index in [2.05, 4.69) is 5.32 Å². The standard InChI is InChI=1S/C16H23NO3/c1-6-7-11(2)16(18)17-12(3)14-10-13(19-4)8-9-15(14)20-5/h7-10,12H,6H2,1-5H3,(H,17,18)/t12-/m0/s1. The van der Waals surface area contributed by atoms with Gasteiger partial charge in [0.15, 0.2) is 0 Å². The number of ether oxygens (including phenoxy) is 2. The first kappa shape index (κ1) is 16.1. The number of benzene rings is 1. The van der Waals surface area contributed by atoms with E-state index in [4.69, 9.17) is 9.47 Å². The molecule has 4 nitrogen and oxygen atoms in total. The van der Waals surface area contributed by atoms with Crippen molar-refractivity contribution in [2.24, 2.45) is 0 Å². The van der Waals surface area contributed by atoms with E-state index >= 15 is 0 Å². The third-order valence-corrected chi connectivity index (χ3v) is 3.12. The number of allylic oxidation sites excluding steroid dienone is 1. The molecule has 0 unspecified atom stereocenters. The van der Waals surface area contributed by atoms with Crippen molar-refractivity contribution >= 4 is 5.91 Å². The number of carbonyl (C=O) groups is 1. The van der Waals surface area contributed by atoms with Crippen molar-refractivity contribution < 1.29 is 14.3 Å². The Bertz CT molecular complexity index is 494. The van der Waals surface area contributed by atoms with Crippen LogP contribution in [-0.2, 0) is 4.79 Å². The summed E-state index contributed by atoms with van der Waals surface area (Å²) >= 11 is 0. The number of nitrogens with one attached hydrogen (secondary N) is 1. The number of amides is 1. The van der Waals surface area contributed by atoms with Gasteiger partial charge in [-0.25, -0.2) is 0 Å². The predicted molar refractivity (Wildman–Crippen MR) is 80.2 cm³/mol. The van der Waals surface area contributed by atoms with Crippen molar-refractivity contribution in [1.29, 1.82) is 0 Å². The lowest BCUT2D eigenvalue weighted by molar-refractivity contribution is -0.118. The highest BCUT2D eigenvalue weighted by Crippen LogP contribution is 2.29. The fraction of sp³-hybridized carbons (Fsp3) is 0.438. The molecule has 0 saturated heterocycles. The quantitative estimate of drug-likeness (QED) is 0.812. The molecule has 1 N–H and O–H groups in total. The minimum atomic E-state index is -0.159. The highest BCUT2D eigenvalue weighted by atomic mass is 16.5. The second kappa shape index (κ2) is 7.58. The Kier molecular flexibility index (Phi) is 6.10. The molecule has 1 amide bonds. The first-order chi connectivity index (χ1) is 9.53. The van der Waals surface area contributed by atoms with E-state index in [1.807, 2.05) is 45.0 Å². The summed E-state index contributed by atoms with van der Waals surface area (Å²) in [7, 11) is 3.23. The van der Waals surface area contributed by atoms with Crippen molar-refractivity contribution in [2.45, 2.75) is 33.2 Å². The summed E-state index contributed by atoms with van der Waals surface area (Å²) in [6.07, 6.45) is 2.75. The molecule has 0 aromatic heterocycles. The summed E-state index contributed by atoms with van der Waals surface area (Å²) in [5.74, 6) is 1.41. The smallest absolute Gasteiger partial charge is 0.247 e. The van der Waals surface area contributed by atoms with E-state index in [0.29, 0.717) is 0 Å². The van der Waals surface area contributed by atoms with Gasteiger partial charge in [0.05, 0.1) is 20.3 Å². The molecule has 110 valence electrons. The van der Waals surface area contributed by atoms with Crippen LogP contribution in [0.1, 0.15) is 38.8 Å². The lowest BCUT2D eigenvalue weighted by Gasteiger charge is -2.18. The van der Waals surface area contributed by atoms with Crippen LogP contribution in [0.2, 0.25) is 0 Å². The van der Waals surface area contributed by atoms with Crippen molar-refractivity contribution in [2.75, 3.05) is 14.2 Å². The Labute approximate surface area is 120 Å². The highest BCUT2D eigenvalue weighted by Gasteiger charge is 2.15. The monoisotopic (exact) mass is 277 g/mol. The van der Waals surface area contributed by atoms with Gasteiger partial charge >= 0.3 is 0 Å². The number of methoxy groups -OCH3 is 2. The van der Waals surface area contributed by atoms with Crippen LogP contribution in [0.4, 0.5) is 0 Å². The Balaban J connectivity index is 2.93. The van der Waals surface area contributed by atoms with Gasteiger partial charge < -0.3 is 14.8 Å². The highest BCUT2D eigenvalue weighted by molar-refractivity contribution is 5.93. The first-order valence-electron chi connectivity index (χ1n) is 6.73. The van der Waals surface area contributed by atoms with Crippen molar-refractivity contribution in [3.8, 4) is 11.5 Å². The molecule has 0 aliphatic heterocycles. The zero-order chi connectivity index (χ0) is 15.1. The van der Waals surface area contributed by atoms with Gasteiger partial charge in [-0.1, -0.05) is 13.0 Å². The molecule has 1 atom stereocenters. The number of hydrogen-bond donors (Lipinski definition) is 1. The maximum atomic E-state index is 12.0. The Morgan fingerprint density at radius 1 is 1.35 bits per heavy atom. The van der Waals surface area contributed by atoms with Crippen LogP contribution in [-0.4, -0.2) is 20.1 Å². The second-order valence-corrected chi connectivity index (χ2v) is 4.60. The molecule has 1 aromatic carbocycles. The molecule has 0 bridgehead atoms. The third-order valence-electron chi connectivity index (χ3n) is 3.12. The molecule has 1 aromatic rings. The van der Waals surface area contributed by atoms with Crippen LogP contribution in [0.3, 0.4) is 0 Å². The zero-order valence-corrected chi connectivity index (χ0v) is 12.8. The third kappa shape index (κ3) is 4.02. The van der Waals surface area contributed by atoms with Crippen LogP contribution in [0.5, 0.6) is 11.5 Å². The summed E-state index contributed by atoms with van der Waals surface area (Å²) in [4.78, 5) is 12.0. The van der Waals surface area contributed by atoms with Crippen molar-refractivity contribution in [1.82, 2.24) is 5.32 Å². The second-order valence-electron chi connectivity index (χ2n) is 4.60. The Morgan fingerprint density at radius 2 is 2.05 bits per heavy atom. The van der Waals surface area contributed by atoms with Gasteiger partial charge in [-0.05, 0) is 38.5 Å². The molecule has 1 rings (SSSR count). The minimum Gasteiger partial charge on any atom is -0.497 e. The Hall–Kier alpha value is -1.97. The molecule has 0 fully saturated rings. The van der Waals surface area contributed by atoms with Gasteiger partial charge in [-0.2, -0.15) is 0 Å². The SMILES string of the molecule is CCC=C(C)C(=O)N[C@@H](C)c1cc(OC)ccc1OC. The first-order valence-corrected chi connectivity index (χ1v) is 6.73. The largest absolute Gasteiger partial charge is 0.497 e. The fourth-order valence-corrected chi connectivity index (χ4v) is 1.96. The Morgan fingerprint density at radius 3 is 2.60 bits per heavy atom. The zero-order valence-electron chi connectivity index (χ0n) is 12.8. The van der Waals surface area contributed by atoms with Crippen LogP contribution in [0, 0.1) is 0 Å². The van der Waals surface area contributed by atoms with E-state index in [-0.39, 0.29) is 11.9 Å². The lowest BCUT2D eigenvalue weighted by atomic mass is 10.1. The summed E-state index contributed by atoms with van der Waals surface area (Å²) in [5.41, 5.74) is 1.62. The van der Waals surface area contributed by atoms with Gasteiger partial charge in [0.2, 0.25) is 5.91 Å². The van der Waals surface area contributed by atoms with Crippen LogP contribution >= 0.6 is 0 Å². The van der Waals surface area contributed by atoms with Gasteiger partial charge in [-0.3, -0.25) is 4.79 Å². The average Bonchev–Trinajstić information content (AvgIpc) is 2.46. The molecular formula is C16H23NO3. The lowest BCUT2D eigenvalue weighted by Crippen LogP contribution is -2.27. The molecule has 4 heteroatoms. The average molecular weight is 277 g/mol. The number of carbonyl (C=O) groups excluding carboxylic acids is 1. The number of rotatable bonds is 6. The van der Waals surface area contributed by atoms with E-state index in [1.165, 1.54) is 0 Å². The molecule has 0 saturated carbocycles. The fourth-order valence-electron chi connectivity index (χ4n) is 1.96. The maximum absolute atomic E-state index is 12.0. The van der Waals surface area contributed by atoms with E-state index < -0.39 is 0 Å². The van der Waals surface area contributed by atoms with Crippen LogP contribution in [0.15, 0.2) is 29.8 Å².